The van der Waals surface area contributed by atoms with E-state index in [4.69, 9.17) is 14.2 Å². The van der Waals surface area contributed by atoms with E-state index >= 15 is 0 Å². The molecule has 0 spiro atoms. The summed E-state index contributed by atoms with van der Waals surface area (Å²) in [5.74, 6) is -0.921. The zero-order chi connectivity index (χ0) is 55.0. The molecule has 0 aromatic heterocycles. The lowest BCUT2D eigenvalue weighted by Gasteiger charge is -2.18. The van der Waals surface area contributed by atoms with Gasteiger partial charge in [0.25, 0.3) is 0 Å². The highest BCUT2D eigenvalue weighted by molar-refractivity contribution is 5.71. The van der Waals surface area contributed by atoms with E-state index < -0.39 is 6.10 Å². The minimum atomic E-state index is -0.799. The molecule has 0 aliphatic carbocycles. The van der Waals surface area contributed by atoms with Gasteiger partial charge in [0.2, 0.25) is 0 Å². The predicted molar refractivity (Wildman–Crippen MR) is 330 cm³/mol. The molecular formula is C70H122O6. The van der Waals surface area contributed by atoms with Crippen molar-refractivity contribution in [2.75, 3.05) is 13.2 Å². The second-order valence-electron chi connectivity index (χ2n) is 21.6. The SMILES string of the molecule is CC/C=C\C/C=C\C/C=C\C/C=C\C/C=C\CCCCCC(=O)OC(COC(=O)CCCCCCC/C=C\CCCCCCC)COC(=O)CCCCCCCCCCCCCCC/C=C\CCCCCCCCCC. The van der Waals surface area contributed by atoms with Crippen LogP contribution in [0.1, 0.15) is 323 Å². The van der Waals surface area contributed by atoms with Gasteiger partial charge in [-0.05, 0) is 116 Å². The fourth-order valence-corrected chi connectivity index (χ4v) is 9.23. The molecule has 0 amide bonds. The molecule has 1 atom stereocenters. The van der Waals surface area contributed by atoms with Crippen LogP contribution in [0.2, 0.25) is 0 Å². The summed E-state index contributed by atoms with van der Waals surface area (Å²) in [6.07, 6.45) is 84.5. The summed E-state index contributed by atoms with van der Waals surface area (Å²) in [6, 6.07) is 0. The standard InChI is InChI=1S/C70H122O6/c1-4-7-10-13-16-19-22-25-28-30-32-33-34-35-36-37-39-40-42-45-48-51-54-57-60-63-69(72)75-66-67(65-74-68(71)62-59-56-53-50-47-44-27-24-21-18-15-12-9-6-3)76-70(73)64-61-58-55-52-49-46-43-41-38-31-29-26-23-20-17-14-11-8-5-2/h8,11,17,20,24,26-27,29-30,32,38,41,46,49,67H,4-7,9-10,12-16,18-19,21-23,25,28,31,33-37,39-40,42-45,47-48,50-66H2,1-3H3/b11-8-,20-17-,27-24-,29-26-,32-30-,41-38-,49-46-. The van der Waals surface area contributed by atoms with E-state index in [0.29, 0.717) is 12.8 Å². The average molecular weight is 1060 g/mol. The van der Waals surface area contributed by atoms with Gasteiger partial charge in [-0.3, -0.25) is 14.4 Å². The van der Waals surface area contributed by atoms with Crippen LogP contribution in [0.3, 0.4) is 0 Å². The Morgan fingerprint density at radius 2 is 0.513 bits per heavy atom. The number of hydrogen-bond donors (Lipinski definition) is 0. The lowest BCUT2D eigenvalue weighted by Crippen LogP contribution is -2.30. The minimum absolute atomic E-state index is 0.0913. The molecular weight excluding hydrogens is 937 g/mol. The molecule has 0 aromatic rings. The van der Waals surface area contributed by atoms with E-state index in [-0.39, 0.29) is 37.5 Å². The van der Waals surface area contributed by atoms with Crippen molar-refractivity contribution in [3.8, 4) is 0 Å². The first-order valence-electron chi connectivity index (χ1n) is 32.6. The number of esters is 3. The molecule has 0 saturated carbocycles. The monoisotopic (exact) mass is 1060 g/mol. The maximum absolute atomic E-state index is 12.9. The van der Waals surface area contributed by atoms with Gasteiger partial charge in [-0.2, -0.15) is 0 Å². The van der Waals surface area contributed by atoms with Gasteiger partial charge in [-0.1, -0.05) is 273 Å². The molecule has 0 aliphatic rings. The Labute approximate surface area is 471 Å². The third-order valence-electron chi connectivity index (χ3n) is 14.1. The van der Waals surface area contributed by atoms with Crippen LogP contribution < -0.4 is 0 Å². The van der Waals surface area contributed by atoms with E-state index in [0.717, 1.165) is 103 Å². The van der Waals surface area contributed by atoms with Crippen LogP contribution in [0, 0.1) is 0 Å². The van der Waals surface area contributed by atoms with E-state index in [1.54, 1.807) is 0 Å². The van der Waals surface area contributed by atoms with Gasteiger partial charge >= 0.3 is 17.9 Å². The van der Waals surface area contributed by atoms with Gasteiger partial charge < -0.3 is 14.2 Å². The zero-order valence-electron chi connectivity index (χ0n) is 50.3. The van der Waals surface area contributed by atoms with Crippen LogP contribution in [-0.2, 0) is 28.6 Å². The lowest BCUT2D eigenvalue weighted by molar-refractivity contribution is -0.167. The Morgan fingerprint density at radius 1 is 0.276 bits per heavy atom. The van der Waals surface area contributed by atoms with Crippen molar-refractivity contribution in [3.05, 3.63) is 85.1 Å². The summed E-state index contributed by atoms with van der Waals surface area (Å²) < 4.78 is 16.9. The maximum Gasteiger partial charge on any atom is 0.306 e. The highest BCUT2D eigenvalue weighted by Gasteiger charge is 2.19. The molecule has 0 N–H and O–H groups in total. The van der Waals surface area contributed by atoms with Gasteiger partial charge in [0.1, 0.15) is 13.2 Å². The van der Waals surface area contributed by atoms with Gasteiger partial charge in [-0.25, -0.2) is 0 Å². The van der Waals surface area contributed by atoms with Crippen LogP contribution in [0.5, 0.6) is 0 Å². The molecule has 6 nitrogen and oxygen atoms in total. The molecule has 0 saturated heterocycles. The maximum atomic E-state index is 12.9. The van der Waals surface area contributed by atoms with Gasteiger partial charge in [0, 0.05) is 19.3 Å². The number of hydrogen-bond acceptors (Lipinski definition) is 6. The molecule has 438 valence electrons. The number of carbonyl (C=O) groups is 3. The number of rotatable bonds is 59. The highest BCUT2D eigenvalue weighted by Crippen LogP contribution is 2.16. The Kier molecular flexibility index (Phi) is 61.2. The number of unbranched alkanes of at least 4 members (excludes halogenated alkanes) is 34. The van der Waals surface area contributed by atoms with Crippen LogP contribution in [0.4, 0.5) is 0 Å². The molecule has 1 unspecified atom stereocenters. The average Bonchev–Trinajstić information content (AvgIpc) is 3.42. The molecule has 0 aromatic carbocycles. The Balaban J connectivity index is 4.35. The van der Waals surface area contributed by atoms with Crippen molar-refractivity contribution in [3.63, 3.8) is 0 Å². The van der Waals surface area contributed by atoms with Crippen molar-refractivity contribution in [2.45, 2.75) is 329 Å². The van der Waals surface area contributed by atoms with Gasteiger partial charge in [0.15, 0.2) is 6.10 Å². The van der Waals surface area contributed by atoms with Crippen LogP contribution in [-0.4, -0.2) is 37.2 Å². The largest absolute Gasteiger partial charge is 0.462 e. The van der Waals surface area contributed by atoms with Crippen molar-refractivity contribution in [1.29, 1.82) is 0 Å². The third kappa shape index (κ3) is 61.4. The molecule has 0 fully saturated rings. The first-order chi connectivity index (χ1) is 37.5. The Morgan fingerprint density at radius 3 is 0.829 bits per heavy atom. The first-order valence-corrected chi connectivity index (χ1v) is 32.6. The lowest BCUT2D eigenvalue weighted by atomic mass is 10.0. The number of allylic oxidation sites excluding steroid dienone is 14. The number of ether oxygens (including phenoxy) is 3. The van der Waals surface area contributed by atoms with Crippen molar-refractivity contribution < 1.29 is 28.6 Å². The summed E-state index contributed by atoms with van der Waals surface area (Å²) in [5, 5.41) is 0. The molecule has 6 heteroatoms. The van der Waals surface area contributed by atoms with E-state index in [1.807, 2.05) is 0 Å². The molecule has 0 aliphatic heterocycles. The van der Waals surface area contributed by atoms with E-state index in [1.165, 1.54) is 180 Å². The molecule has 0 rings (SSSR count). The Bertz CT molecular complexity index is 1450. The fourth-order valence-electron chi connectivity index (χ4n) is 9.23. The molecule has 0 heterocycles. The summed E-state index contributed by atoms with van der Waals surface area (Å²) in [6.45, 7) is 6.52. The van der Waals surface area contributed by atoms with Crippen LogP contribution in [0.25, 0.3) is 0 Å². The quantitative estimate of drug-likeness (QED) is 0.0261. The second-order valence-corrected chi connectivity index (χ2v) is 21.6. The van der Waals surface area contributed by atoms with Crippen molar-refractivity contribution in [1.82, 2.24) is 0 Å². The number of carbonyl (C=O) groups excluding carboxylic acids is 3. The molecule has 76 heavy (non-hydrogen) atoms. The summed E-state index contributed by atoms with van der Waals surface area (Å²) in [5.41, 5.74) is 0. The Hall–Kier alpha value is -3.41. The summed E-state index contributed by atoms with van der Waals surface area (Å²) >= 11 is 0. The first kappa shape index (κ1) is 72.6. The smallest absolute Gasteiger partial charge is 0.306 e. The fraction of sp³-hybridized carbons (Fsp3) is 0.757. The second kappa shape index (κ2) is 64.1. The van der Waals surface area contributed by atoms with Crippen molar-refractivity contribution in [2.24, 2.45) is 0 Å². The van der Waals surface area contributed by atoms with E-state index in [9.17, 15) is 14.4 Å². The highest BCUT2D eigenvalue weighted by atomic mass is 16.6. The van der Waals surface area contributed by atoms with Gasteiger partial charge in [0.05, 0.1) is 0 Å². The topological polar surface area (TPSA) is 78.9 Å². The third-order valence-corrected chi connectivity index (χ3v) is 14.1. The van der Waals surface area contributed by atoms with E-state index in [2.05, 4.69) is 106 Å². The zero-order valence-corrected chi connectivity index (χ0v) is 50.3. The van der Waals surface area contributed by atoms with Crippen LogP contribution in [0.15, 0.2) is 85.1 Å². The minimum Gasteiger partial charge on any atom is -0.462 e. The molecule has 0 bridgehead atoms. The summed E-state index contributed by atoms with van der Waals surface area (Å²) in [4.78, 5) is 38.3. The van der Waals surface area contributed by atoms with Crippen molar-refractivity contribution >= 4 is 17.9 Å². The summed E-state index contributed by atoms with van der Waals surface area (Å²) in [7, 11) is 0. The molecule has 0 radical (unpaired) electrons. The predicted octanol–water partition coefficient (Wildman–Crippen LogP) is 22.3. The van der Waals surface area contributed by atoms with Crippen LogP contribution >= 0.6 is 0 Å². The normalized spacial score (nSPS) is 12.6. The van der Waals surface area contributed by atoms with Gasteiger partial charge in [-0.15, -0.1) is 0 Å².